The lowest BCUT2D eigenvalue weighted by atomic mass is 10.0. The molecule has 112 valence electrons. The number of furan rings is 2. The van der Waals surface area contributed by atoms with Gasteiger partial charge in [0.1, 0.15) is 11.3 Å². The molecule has 2 heterocycles. The largest absolute Gasteiger partial charge is 0.467 e. The van der Waals surface area contributed by atoms with Crippen LogP contribution in [0.25, 0.3) is 11.0 Å². The Kier molecular flexibility index (Phi) is 3.22. The molecule has 0 radical (unpaired) electrons. The van der Waals surface area contributed by atoms with E-state index in [1.165, 1.54) is 17.5 Å². The molecule has 4 heteroatoms. The Morgan fingerprint density at radius 2 is 2.05 bits per heavy atom. The lowest BCUT2D eigenvalue weighted by molar-refractivity contribution is -0.120. The zero-order chi connectivity index (χ0) is 14.9. The minimum Gasteiger partial charge on any atom is -0.467 e. The van der Waals surface area contributed by atoms with Crippen molar-refractivity contribution >= 4 is 16.9 Å². The van der Waals surface area contributed by atoms with Gasteiger partial charge < -0.3 is 14.2 Å². The van der Waals surface area contributed by atoms with E-state index in [4.69, 9.17) is 8.83 Å². The first-order valence-corrected chi connectivity index (χ1v) is 7.60. The molecule has 0 fully saturated rings. The van der Waals surface area contributed by atoms with Crippen LogP contribution >= 0.6 is 0 Å². The zero-order valence-corrected chi connectivity index (χ0v) is 12.2. The van der Waals surface area contributed by atoms with Crippen LogP contribution < -0.4 is 5.32 Å². The van der Waals surface area contributed by atoms with Gasteiger partial charge in [0.05, 0.1) is 25.5 Å². The summed E-state index contributed by atoms with van der Waals surface area (Å²) in [5.74, 6) is 0.725. The summed E-state index contributed by atoms with van der Waals surface area (Å²) in [6, 6.07) is 7.97. The molecule has 4 nitrogen and oxygen atoms in total. The summed E-state index contributed by atoms with van der Waals surface area (Å²) in [6.45, 7) is 0.414. The van der Waals surface area contributed by atoms with Crippen molar-refractivity contribution in [2.24, 2.45) is 0 Å². The molecule has 2 aromatic heterocycles. The first-order valence-electron chi connectivity index (χ1n) is 7.60. The first kappa shape index (κ1) is 13.2. The molecule has 0 unspecified atom stereocenters. The standard InChI is InChI=1S/C18H17NO3/c20-18(19-10-15-5-2-6-21-15)9-14-11-22-17-8-13-4-1-3-12(13)7-16(14)17/h2,5-8,11H,1,3-4,9-10H2,(H,19,20). The molecule has 1 amide bonds. The average Bonchev–Trinajstić information content (AvgIpc) is 3.24. The summed E-state index contributed by atoms with van der Waals surface area (Å²) in [5, 5.41) is 3.93. The van der Waals surface area contributed by atoms with Gasteiger partial charge in [0.2, 0.25) is 5.91 Å². The number of rotatable bonds is 4. The van der Waals surface area contributed by atoms with Crippen molar-refractivity contribution in [1.82, 2.24) is 5.32 Å². The smallest absolute Gasteiger partial charge is 0.224 e. The summed E-state index contributed by atoms with van der Waals surface area (Å²) in [4.78, 5) is 12.1. The Bertz CT molecular complexity index is 814. The van der Waals surface area contributed by atoms with Crippen LogP contribution in [0.15, 0.2) is 45.6 Å². The quantitative estimate of drug-likeness (QED) is 0.803. The Balaban J connectivity index is 1.50. The summed E-state index contributed by atoms with van der Waals surface area (Å²) in [7, 11) is 0. The topological polar surface area (TPSA) is 55.4 Å². The van der Waals surface area contributed by atoms with Gasteiger partial charge in [-0.1, -0.05) is 0 Å². The van der Waals surface area contributed by atoms with Gasteiger partial charge >= 0.3 is 0 Å². The van der Waals surface area contributed by atoms with Crippen molar-refractivity contribution in [3.63, 3.8) is 0 Å². The second kappa shape index (κ2) is 5.37. The summed E-state index contributed by atoms with van der Waals surface area (Å²) >= 11 is 0. The van der Waals surface area contributed by atoms with Crippen LogP contribution in [0.4, 0.5) is 0 Å². The minimum absolute atomic E-state index is 0.0281. The second-order valence-corrected chi connectivity index (χ2v) is 5.76. The lowest BCUT2D eigenvalue weighted by Gasteiger charge is -2.03. The number of carbonyl (C=O) groups excluding carboxylic acids is 1. The number of hydrogen-bond acceptors (Lipinski definition) is 3. The molecule has 22 heavy (non-hydrogen) atoms. The van der Waals surface area contributed by atoms with Gasteiger partial charge in [-0.2, -0.15) is 0 Å². The highest BCUT2D eigenvalue weighted by Gasteiger charge is 2.16. The van der Waals surface area contributed by atoms with Gasteiger partial charge in [0.25, 0.3) is 0 Å². The van der Waals surface area contributed by atoms with E-state index >= 15 is 0 Å². The predicted molar refractivity (Wildman–Crippen MR) is 82.5 cm³/mol. The van der Waals surface area contributed by atoms with E-state index in [1.54, 1.807) is 12.5 Å². The number of carbonyl (C=O) groups is 1. The van der Waals surface area contributed by atoms with Crippen LogP contribution in [0.5, 0.6) is 0 Å². The average molecular weight is 295 g/mol. The van der Waals surface area contributed by atoms with E-state index < -0.39 is 0 Å². The second-order valence-electron chi connectivity index (χ2n) is 5.76. The Labute approximate surface area is 128 Å². The van der Waals surface area contributed by atoms with Gasteiger partial charge in [0.15, 0.2) is 0 Å². The molecule has 1 aromatic carbocycles. The minimum atomic E-state index is -0.0281. The molecule has 1 aliphatic carbocycles. The Morgan fingerprint density at radius 1 is 1.18 bits per heavy atom. The highest BCUT2D eigenvalue weighted by molar-refractivity contribution is 5.88. The van der Waals surface area contributed by atoms with Crippen LogP contribution in [0, 0.1) is 0 Å². The Morgan fingerprint density at radius 3 is 2.86 bits per heavy atom. The first-order chi connectivity index (χ1) is 10.8. The van der Waals surface area contributed by atoms with Gasteiger partial charge in [-0.3, -0.25) is 4.79 Å². The van der Waals surface area contributed by atoms with Gasteiger partial charge in [0, 0.05) is 10.9 Å². The van der Waals surface area contributed by atoms with Crippen molar-refractivity contribution in [3.8, 4) is 0 Å². The van der Waals surface area contributed by atoms with Crippen molar-refractivity contribution < 1.29 is 13.6 Å². The lowest BCUT2D eigenvalue weighted by Crippen LogP contribution is -2.24. The SMILES string of the molecule is O=C(Cc1coc2cc3c(cc12)CCC3)NCc1ccco1. The fourth-order valence-electron chi connectivity index (χ4n) is 3.12. The van der Waals surface area contributed by atoms with Crippen LogP contribution in [0.2, 0.25) is 0 Å². The molecule has 1 N–H and O–H groups in total. The predicted octanol–water partition coefficient (Wildman–Crippen LogP) is 3.37. The van der Waals surface area contributed by atoms with Gasteiger partial charge in [-0.15, -0.1) is 0 Å². The zero-order valence-electron chi connectivity index (χ0n) is 12.2. The molecule has 0 aliphatic heterocycles. The number of aryl methyl sites for hydroxylation is 2. The van der Waals surface area contributed by atoms with Gasteiger partial charge in [-0.05, 0) is 54.7 Å². The third-order valence-electron chi connectivity index (χ3n) is 4.26. The third kappa shape index (κ3) is 2.41. The van der Waals surface area contributed by atoms with Crippen LogP contribution in [-0.4, -0.2) is 5.91 Å². The van der Waals surface area contributed by atoms with E-state index in [1.807, 2.05) is 12.1 Å². The van der Waals surface area contributed by atoms with Crippen molar-refractivity contribution in [2.75, 3.05) is 0 Å². The number of hydrogen-bond donors (Lipinski definition) is 1. The highest BCUT2D eigenvalue weighted by Crippen LogP contribution is 2.30. The molecule has 0 atom stereocenters. The third-order valence-corrected chi connectivity index (χ3v) is 4.26. The van der Waals surface area contributed by atoms with Gasteiger partial charge in [-0.25, -0.2) is 0 Å². The van der Waals surface area contributed by atoms with E-state index in [9.17, 15) is 4.79 Å². The maximum absolute atomic E-state index is 12.1. The molecule has 0 bridgehead atoms. The number of benzene rings is 1. The molecule has 0 saturated heterocycles. The van der Waals surface area contributed by atoms with E-state index in [2.05, 4.69) is 17.4 Å². The molecule has 0 spiro atoms. The maximum atomic E-state index is 12.1. The molecular formula is C18H17NO3. The monoisotopic (exact) mass is 295 g/mol. The fourth-order valence-corrected chi connectivity index (χ4v) is 3.12. The molecular weight excluding hydrogens is 278 g/mol. The summed E-state index contributed by atoms with van der Waals surface area (Å²) < 4.78 is 10.8. The molecule has 3 aromatic rings. The summed E-state index contributed by atoms with van der Waals surface area (Å²) in [6.07, 6.45) is 7.09. The number of fused-ring (bicyclic) bond motifs is 2. The van der Waals surface area contributed by atoms with E-state index in [-0.39, 0.29) is 5.91 Å². The van der Waals surface area contributed by atoms with Crippen molar-refractivity contribution in [3.05, 3.63) is 59.2 Å². The molecule has 0 saturated carbocycles. The maximum Gasteiger partial charge on any atom is 0.224 e. The molecule has 1 aliphatic rings. The van der Waals surface area contributed by atoms with E-state index in [0.717, 1.165) is 35.1 Å². The number of nitrogens with one attached hydrogen (secondary N) is 1. The molecule has 4 rings (SSSR count). The van der Waals surface area contributed by atoms with Crippen LogP contribution in [-0.2, 0) is 30.6 Å². The van der Waals surface area contributed by atoms with E-state index in [0.29, 0.717) is 13.0 Å². The number of amides is 1. The van der Waals surface area contributed by atoms with Crippen LogP contribution in [0.3, 0.4) is 0 Å². The fraction of sp³-hybridized carbons (Fsp3) is 0.278. The highest BCUT2D eigenvalue weighted by atomic mass is 16.3. The van der Waals surface area contributed by atoms with Crippen molar-refractivity contribution in [1.29, 1.82) is 0 Å². The Hall–Kier alpha value is -2.49. The van der Waals surface area contributed by atoms with Crippen LogP contribution in [0.1, 0.15) is 28.9 Å². The summed E-state index contributed by atoms with van der Waals surface area (Å²) in [5.41, 5.74) is 4.61. The normalized spacial score (nSPS) is 13.5. The van der Waals surface area contributed by atoms with Crippen molar-refractivity contribution in [2.45, 2.75) is 32.2 Å².